The summed E-state index contributed by atoms with van der Waals surface area (Å²) in [5.41, 5.74) is 0.747. The molecule has 0 saturated carbocycles. The van der Waals surface area contributed by atoms with Gasteiger partial charge in [-0.05, 0) is 30.0 Å². The molecule has 0 saturated heterocycles. The average Bonchev–Trinajstić information content (AvgIpc) is 2.60. The lowest BCUT2D eigenvalue weighted by atomic mass is 9.95. The number of halogens is 4. The Morgan fingerprint density at radius 3 is 2.23 bits per heavy atom. The molecule has 4 rings (SSSR count). The quantitative estimate of drug-likeness (QED) is 0.327. The van der Waals surface area contributed by atoms with Crippen LogP contribution >= 0.6 is 11.6 Å². The highest BCUT2D eigenvalue weighted by Gasteiger charge is 2.36. The van der Waals surface area contributed by atoms with Crippen LogP contribution < -0.4 is 0 Å². The lowest BCUT2D eigenvalue weighted by Gasteiger charge is -2.18. The molecule has 5 heteroatoms. The van der Waals surface area contributed by atoms with Gasteiger partial charge < -0.3 is 0 Å². The van der Waals surface area contributed by atoms with Crippen LogP contribution in [-0.2, 0) is 6.18 Å². The van der Waals surface area contributed by atoms with E-state index < -0.39 is 11.7 Å². The van der Waals surface area contributed by atoms with Crippen LogP contribution in [0.15, 0.2) is 60.7 Å². The topological polar surface area (TPSA) is 12.9 Å². The SMILES string of the molecule is Cc1c(-c2ccc(Cl)cc2)nc2c(ccc3ccccc32)c1C(F)(F)F. The van der Waals surface area contributed by atoms with Crippen LogP contribution in [-0.4, -0.2) is 4.98 Å². The minimum absolute atomic E-state index is 0.114. The number of nitrogens with zero attached hydrogens (tertiary/aromatic N) is 1. The second-order valence-electron chi connectivity index (χ2n) is 6.15. The molecule has 0 atom stereocenters. The molecule has 0 spiro atoms. The largest absolute Gasteiger partial charge is 0.417 e. The summed E-state index contributed by atoms with van der Waals surface area (Å²) in [5, 5.41) is 2.19. The molecule has 0 aliphatic carbocycles. The second-order valence-corrected chi connectivity index (χ2v) is 6.58. The first kappa shape index (κ1) is 16.9. The third-order valence-electron chi connectivity index (χ3n) is 4.52. The number of fused-ring (bicyclic) bond motifs is 3. The van der Waals surface area contributed by atoms with E-state index in [0.717, 1.165) is 5.39 Å². The molecule has 1 nitrogen and oxygen atoms in total. The van der Waals surface area contributed by atoms with Gasteiger partial charge in [0.25, 0.3) is 0 Å². The molecule has 0 fully saturated rings. The van der Waals surface area contributed by atoms with E-state index >= 15 is 0 Å². The number of hydrogen-bond donors (Lipinski definition) is 0. The first-order chi connectivity index (χ1) is 12.4. The Morgan fingerprint density at radius 2 is 1.54 bits per heavy atom. The van der Waals surface area contributed by atoms with Crippen molar-refractivity contribution in [3.05, 3.63) is 76.8 Å². The molecule has 0 unspecified atom stereocenters. The van der Waals surface area contributed by atoms with Gasteiger partial charge in [0.1, 0.15) is 0 Å². The molecule has 1 aromatic heterocycles. The van der Waals surface area contributed by atoms with Gasteiger partial charge >= 0.3 is 6.18 Å². The summed E-state index contributed by atoms with van der Waals surface area (Å²) >= 11 is 5.92. The van der Waals surface area contributed by atoms with Crippen molar-refractivity contribution in [2.75, 3.05) is 0 Å². The second kappa shape index (κ2) is 5.99. The average molecular weight is 372 g/mol. The number of benzene rings is 3. The molecule has 130 valence electrons. The summed E-state index contributed by atoms with van der Waals surface area (Å²) < 4.78 is 41.7. The van der Waals surface area contributed by atoms with Crippen LogP contribution in [0.3, 0.4) is 0 Å². The predicted octanol–water partition coefficient (Wildman–Crippen LogP) is 7.04. The summed E-state index contributed by atoms with van der Waals surface area (Å²) in [6.45, 7) is 1.47. The zero-order valence-corrected chi connectivity index (χ0v) is 14.5. The molecule has 0 aliphatic heterocycles. The zero-order valence-electron chi connectivity index (χ0n) is 13.7. The molecular formula is C21H13ClF3N. The van der Waals surface area contributed by atoms with E-state index in [1.54, 1.807) is 42.5 Å². The van der Waals surface area contributed by atoms with Crippen molar-refractivity contribution in [3.63, 3.8) is 0 Å². The van der Waals surface area contributed by atoms with Crippen molar-refractivity contribution < 1.29 is 13.2 Å². The van der Waals surface area contributed by atoms with Gasteiger partial charge in [-0.1, -0.05) is 60.1 Å². The third-order valence-corrected chi connectivity index (χ3v) is 4.78. The molecule has 0 N–H and O–H groups in total. The van der Waals surface area contributed by atoms with Gasteiger partial charge in [0, 0.05) is 21.4 Å². The smallest absolute Gasteiger partial charge is 0.247 e. The van der Waals surface area contributed by atoms with Crippen molar-refractivity contribution in [2.45, 2.75) is 13.1 Å². The third kappa shape index (κ3) is 2.71. The Hall–Kier alpha value is -2.59. The molecule has 4 aromatic rings. The Balaban J connectivity index is 2.17. The van der Waals surface area contributed by atoms with E-state index in [9.17, 15) is 13.2 Å². The number of alkyl halides is 3. The standard InChI is InChI=1S/C21H13ClF3N/c1-12-18(21(23,24)25)17-11-8-13-4-2-3-5-16(13)20(17)26-19(12)14-6-9-15(22)10-7-14/h2-11H,1H3. The Morgan fingerprint density at radius 1 is 0.846 bits per heavy atom. The molecule has 3 aromatic carbocycles. The van der Waals surface area contributed by atoms with Crippen LogP contribution in [0.4, 0.5) is 13.2 Å². The lowest BCUT2D eigenvalue weighted by Crippen LogP contribution is -2.11. The van der Waals surface area contributed by atoms with Crippen molar-refractivity contribution in [1.82, 2.24) is 4.98 Å². The molecular weight excluding hydrogens is 359 g/mol. The maximum atomic E-state index is 13.9. The van der Waals surface area contributed by atoms with Crippen molar-refractivity contribution in [2.24, 2.45) is 0 Å². The van der Waals surface area contributed by atoms with E-state index in [-0.39, 0.29) is 10.9 Å². The Labute approximate surface area is 153 Å². The number of rotatable bonds is 1. The van der Waals surface area contributed by atoms with Crippen molar-refractivity contribution in [3.8, 4) is 11.3 Å². The summed E-state index contributed by atoms with van der Waals surface area (Å²) in [5.74, 6) is 0. The summed E-state index contributed by atoms with van der Waals surface area (Å²) in [7, 11) is 0. The Bertz CT molecular complexity index is 1130. The van der Waals surface area contributed by atoms with E-state index in [0.29, 0.717) is 27.2 Å². The molecule has 0 bridgehead atoms. The highest BCUT2D eigenvalue weighted by molar-refractivity contribution is 6.30. The van der Waals surface area contributed by atoms with Gasteiger partial charge in [-0.2, -0.15) is 13.2 Å². The molecule has 0 radical (unpaired) electrons. The first-order valence-corrected chi connectivity index (χ1v) is 8.39. The summed E-state index contributed by atoms with van der Waals surface area (Å²) in [6.07, 6.45) is -4.48. The van der Waals surface area contributed by atoms with E-state index in [1.807, 2.05) is 12.1 Å². The van der Waals surface area contributed by atoms with Crippen molar-refractivity contribution in [1.29, 1.82) is 0 Å². The van der Waals surface area contributed by atoms with E-state index in [4.69, 9.17) is 11.6 Å². The Kier molecular flexibility index (Phi) is 3.88. The van der Waals surface area contributed by atoms with Gasteiger partial charge in [0.05, 0.1) is 16.8 Å². The van der Waals surface area contributed by atoms with Gasteiger partial charge in [-0.25, -0.2) is 4.98 Å². The fourth-order valence-electron chi connectivity index (χ4n) is 3.35. The van der Waals surface area contributed by atoms with Gasteiger partial charge in [-0.3, -0.25) is 0 Å². The fraction of sp³-hybridized carbons (Fsp3) is 0.0952. The van der Waals surface area contributed by atoms with Gasteiger partial charge in [-0.15, -0.1) is 0 Å². The van der Waals surface area contributed by atoms with Crippen LogP contribution in [0.25, 0.3) is 32.9 Å². The first-order valence-electron chi connectivity index (χ1n) is 8.01. The maximum Gasteiger partial charge on any atom is 0.417 e. The highest BCUT2D eigenvalue weighted by atomic mass is 35.5. The highest BCUT2D eigenvalue weighted by Crippen LogP contribution is 2.41. The molecule has 1 heterocycles. The molecule has 0 amide bonds. The fourth-order valence-corrected chi connectivity index (χ4v) is 3.47. The molecule has 0 aliphatic rings. The van der Waals surface area contributed by atoms with Crippen LogP contribution in [0, 0.1) is 6.92 Å². The van der Waals surface area contributed by atoms with Gasteiger partial charge in [0.15, 0.2) is 0 Å². The predicted molar refractivity (Wildman–Crippen MR) is 99.4 cm³/mol. The van der Waals surface area contributed by atoms with Crippen LogP contribution in [0.1, 0.15) is 11.1 Å². The minimum Gasteiger partial charge on any atom is -0.247 e. The lowest BCUT2D eigenvalue weighted by molar-refractivity contribution is -0.136. The number of pyridine rings is 1. The minimum atomic E-state index is -4.48. The summed E-state index contributed by atoms with van der Waals surface area (Å²) in [4.78, 5) is 4.63. The van der Waals surface area contributed by atoms with Gasteiger partial charge in [0.2, 0.25) is 0 Å². The number of hydrogen-bond acceptors (Lipinski definition) is 1. The van der Waals surface area contributed by atoms with E-state index in [1.165, 1.54) is 13.0 Å². The van der Waals surface area contributed by atoms with Crippen molar-refractivity contribution >= 4 is 33.3 Å². The zero-order chi connectivity index (χ0) is 18.5. The number of aromatic nitrogens is 1. The van der Waals surface area contributed by atoms with Crippen LogP contribution in [0.5, 0.6) is 0 Å². The monoisotopic (exact) mass is 371 g/mol. The van der Waals surface area contributed by atoms with E-state index in [2.05, 4.69) is 4.98 Å². The van der Waals surface area contributed by atoms with Crippen LogP contribution in [0.2, 0.25) is 5.02 Å². The summed E-state index contributed by atoms with van der Waals surface area (Å²) in [6, 6.07) is 17.2. The normalized spacial score (nSPS) is 12.0. The maximum absolute atomic E-state index is 13.9. The molecule has 26 heavy (non-hydrogen) atoms.